The number of hydrazine groups is 1. The number of carbonyl (C=O) groups is 1. The molecule has 0 bridgehead atoms. The molecule has 0 radical (unpaired) electrons. The van der Waals surface area contributed by atoms with Crippen molar-refractivity contribution in [2.45, 2.75) is 26.8 Å². The van der Waals surface area contributed by atoms with E-state index in [0.29, 0.717) is 5.56 Å². The van der Waals surface area contributed by atoms with E-state index < -0.39 is 0 Å². The zero-order chi connectivity index (χ0) is 10.6. The summed E-state index contributed by atoms with van der Waals surface area (Å²) in [4.78, 5) is 11.5. The van der Waals surface area contributed by atoms with Gasteiger partial charge in [-0.2, -0.15) is 0 Å². The molecule has 1 aromatic carbocycles. The first-order valence-corrected chi connectivity index (χ1v) is 4.72. The summed E-state index contributed by atoms with van der Waals surface area (Å²) in [7, 11) is 0. The highest BCUT2D eigenvalue weighted by molar-refractivity contribution is 5.93. The molecule has 76 valence electrons. The first-order valence-electron chi connectivity index (χ1n) is 4.72. The van der Waals surface area contributed by atoms with Crippen molar-refractivity contribution >= 4 is 5.91 Å². The van der Waals surface area contributed by atoms with Crippen molar-refractivity contribution < 1.29 is 4.79 Å². The van der Waals surface area contributed by atoms with Crippen LogP contribution in [0.3, 0.4) is 0 Å². The average molecular weight is 192 g/mol. The first kappa shape index (κ1) is 10.7. The third kappa shape index (κ3) is 3.18. The topological polar surface area (TPSA) is 41.1 Å². The third-order valence-corrected chi connectivity index (χ3v) is 1.79. The molecule has 3 heteroatoms. The molecule has 0 fully saturated rings. The number of nitrogens with one attached hydrogen (secondary N) is 2. The lowest BCUT2D eigenvalue weighted by Crippen LogP contribution is -2.41. The molecule has 0 aromatic heterocycles. The molecule has 2 N–H and O–H groups in total. The van der Waals surface area contributed by atoms with Crippen LogP contribution in [-0.2, 0) is 0 Å². The number of carbonyl (C=O) groups excluding carboxylic acids is 1. The summed E-state index contributed by atoms with van der Waals surface area (Å²) < 4.78 is 0. The number of benzene rings is 1. The number of amides is 1. The quantitative estimate of drug-likeness (QED) is 0.715. The Bertz CT molecular complexity index is 304. The summed E-state index contributed by atoms with van der Waals surface area (Å²) in [5, 5.41) is 0. The Kier molecular flexibility index (Phi) is 3.65. The second kappa shape index (κ2) is 4.77. The minimum absolute atomic E-state index is 0.0984. The molecule has 1 amide bonds. The van der Waals surface area contributed by atoms with Gasteiger partial charge in [0, 0.05) is 11.6 Å². The number of aryl methyl sites for hydroxylation is 1. The van der Waals surface area contributed by atoms with Gasteiger partial charge in [0.25, 0.3) is 5.91 Å². The molecule has 1 rings (SSSR count). The number of hydrogen-bond acceptors (Lipinski definition) is 2. The lowest BCUT2D eigenvalue weighted by molar-refractivity contribution is 0.0927. The van der Waals surface area contributed by atoms with Crippen molar-refractivity contribution in [1.82, 2.24) is 10.9 Å². The molecule has 0 aliphatic heterocycles. The van der Waals surface area contributed by atoms with Gasteiger partial charge >= 0.3 is 0 Å². The van der Waals surface area contributed by atoms with Gasteiger partial charge in [0.1, 0.15) is 0 Å². The van der Waals surface area contributed by atoms with E-state index in [2.05, 4.69) is 10.9 Å². The minimum Gasteiger partial charge on any atom is -0.287 e. The molecule has 14 heavy (non-hydrogen) atoms. The van der Waals surface area contributed by atoms with Gasteiger partial charge in [-0.05, 0) is 32.9 Å². The molecule has 0 aliphatic rings. The predicted molar refractivity (Wildman–Crippen MR) is 56.9 cm³/mol. The van der Waals surface area contributed by atoms with E-state index in [-0.39, 0.29) is 11.9 Å². The fourth-order valence-electron chi connectivity index (χ4n) is 0.987. The van der Waals surface area contributed by atoms with E-state index in [1.165, 1.54) is 0 Å². The maximum atomic E-state index is 11.5. The summed E-state index contributed by atoms with van der Waals surface area (Å²) in [5.41, 5.74) is 7.31. The second-order valence-electron chi connectivity index (χ2n) is 3.62. The summed E-state index contributed by atoms with van der Waals surface area (Å²) in [5.74, 6) is -0.0984. The predicted octanol–water partition coefficient (Wildman–Crippen LogP) is 1.64. The zero-order valence-corrected chi connectivity index (χ0v) is 8.79. The molecule has 0 atom stereocenters. The number of hydrogen-bond donors (Lipinski definition) is 2. The highest BCUT2D eigenvalue weighted by Gasteiger charge is 2.03. The van der Waals surface area contributed by atoms with Crippen LogP contribution in [0.15, 0.2) is 24.3 Å². The van der Waals surface area contributed by atoms with Crippen LogP contribution in [0.25, 0.3) is 0 Å². The fraction of sp³-hybridized carbons (Fsp3) is 0.364. The van der Waals surface area contributed by atoms with Gasteiger partial charge in [0.15, 0.2) is 0 Å². The van der Waals surface area contributed by atoms with E-state index >= 15 is 0 Å². The van der Waals surface area contributed by atoms with E-state index in [1.807, 2.05) is 45.0 Å². The largest absolute Gasteiger partial charge is 0.287 e. The van der Waals surface area contributed by atoms with Crippen molar-refractivity contribution in [3.8, 4) is 0 Å². The van der Waals surface area contributed by atoms with Gasteiger partial charge in [-0.3, -0.25) is 10.2 Å². The van der Waals surface area contributed by atoms with Crippen LogP contribution in [0.1, 0.15) is 29.8 Å². The Morgan fingerprint density at radius 2 is 1.79 bits per heavy atom. The van der Waals surface area contributed by atoms with Crippen LogP contribution in [0.2, 0.25) is 0 Å². The van der Waals surface area contributed by atoms with Gasteiger partial charge in [0.2, 0.25) is 0 Å². The van der Waals surface area contributed by atoms with Crippen molar-refractivity contribution in [1.29, 1.82) is 0 Å². The van der Waals surface area contributed by atoms with E-state index in [4.69, 9.17) is 0 Å². The Balaban J connectivity index is 2.57. The Labute approximate surface area is 84.5 Å². The summed E-state index contributed by atoms with van der Waals surface area (Å²) in [6, 6.07) is 7.71. The Morgan fingerprint density at radius 3 is 2.29 bits per heavy atom. The smallest absolute Gasteiger partial charge is 0.265 e. The van der Waals surface area contributed by atoms with Crippen LogP contribution in [-0.4, -0.2) is 11.9 Å². The standard InChI is InChI=1S/C11H16N2O/c1-8(2)12-13-11(14)10-6-4-9(3)5-7-10/h4-8,12H,1-3H3,(H,13,14). The van der Waals surface area contributed by atoms with Crippen molar-refractivity contribution in [2.75, 3.05) is 0 Å². The van der Waals surface area contributed by atoms with Crippen LogP contribution >= 0.6 is 0 Å². The third-order valence-electron chi connectivity index (χ3n) is 1.79. The SMILES string of the molecule is Cc1ccc(C(=O)NNC(C)C)cc1. The molecular formula is C11H16N2O. The summed E-state index contributed by atoms with van der Waals surface area (Å²) in [6.45, 7) is 5.93. The van der Waals surface area contributed by atoms with Crippen molar-refractivity contribution in [3.05, 3.63) is 35.4 Å². The molecule has 0 aliphatic carbocycles. The maximum absolute atomic E-state index is 11.5. The Morgan fingerprint density at radius 1 is 1.21 bits per heavy atom. The second-order valence-corrected chi connectivity index (χ2v) is 3.62. The van der Waals surface area contributed by atoms with Crippen LogP contribution in [0.4, 0.5) is 0 Å². The van der Waals surface area contributed by atoms with E-state index in [0.717, 1.165) is 5.56 Å². The molecule has 0 spiro atoms. The monoisotopic (exact) mass is 192 g/mol. The van der Waals surface area contributed by atoms with Gasteiger partial charge in [0.05, 0.1) is 0 Å². The molecule has 0 saturated heterocycles. The van der Waals surface area contributed by atoms with E-state index in [1.54, 1.807) is 0 Å². The van der Waals surface area contributed by atoms with Crippen LogP contribution < -0.4 is 10.9 Å². The van der Waals surface area contributed by atoms with Gasteiger partial charge in [-0.15, -0.1) is 0 Å². The summed E-state index contributed by atoms with van der Waals surface area (Å²) >= 11 is 0. The Hall–Kier alpha value is -1.35. The normalized spacial score (nSPS) is 10.3. The average Bonchev–Trinajstić information content (AvgIpc) is 2.15. The zero-order valence-electron chi connectivity index (χ0n) is 8.79. The highest BCUT2D eigenvalue weighted by Crippen LogP contribution is 2.02. The van der Waals surface area contributed by atoms with Gasteiger partial charge in [-0.25, -0.2) is 5.43 Å². The molecule has 0 unspecified atom stereocenters. The van der Waals surface area contributed by atoms with E-state index in [9.17, 15) is 4.79 Å². The van der Waals surface area contributed by atoms with Crippen molar-refractivity contribution in [2.24, 2.45) is 0 Å². The van der Waals surface area contributed by atoms with Crippen LogP contribution in [0, 0.1) is 6.92 Å². The lowest BCUT2D eigenvalue weighted by atomic mass is 10.1. The van der Waals surface area contributed by atoms with Gasteiger partial charge in [-0.1, -0.05) is 17.7 Å². The molecule has 1 aromatic rings. The summed E-state index contributed by atoms with van der Waals surface area (Å²) in [6.07, 6.45) is 0. The van der Waals surface area contributed by atoms with Crippen LogP contribution in [0.5, 0.6) is 0 Å². The maximum Gasteiger partial charge on any atom is 0.265 e. The minimum atomic E-state index is -0.0984. The highest BCUT2D eigenvalue weighted by atomic mass is 16.2. The molecular weight excluding hydrogens is 176 g/mol. The molecule has 0 saturated carbocycles. The molecule has 0 heterocycles. The molecule has 3 nitrogen and oxygen atoms in total. The number of rotatable bonds is 3. The van der Waals surface area contributed by atoms with Gasteiger partial charge < -0.3 is 0 Å². The lowest BCUT2D eigenvalue weighted by Gasteiger charge is -2.09. The fourth-order valence-corrected chi connectivity index (χ4v) is 0.987. The van der Waals surface area contributed by atoms with Crippen molar-refractivity contribution in [3.63, 3.8) is 0 Å². The first-order chi connectivity index (χ1) is 6.59.